The third kappa shape index (κ3) is 2.75. The van der Waals surface area contributed by atoms with E-state index in [9.17, 15) is 15.8 Å². The number of nitriles is 3. The monoisotopic (exact) mass is 302 g/mol. The Balaban J connectivity index is 2.59. The quantitative estimate of drug-likeness (QED) is 0.851. The van der Waals surface area contributed by atoms with Crippen LogP contribution < -0.4 is 0 Å². The molecule has 1 saturated carbocycles. The smallest absolute Gasteiger partial charge is 0.189 e. The molecule has 1 unspecified atom stereocenters. The van der Waals surface area contributed by atoms with E-state index in [0.29, 0.717) is 6.42 Å². The summed E-state index contributed by atoms with van der Waals surface area (Å²) in [5, 5.41) is 37.2. The zero-order valence-electron chi connectivity index (χ0n) is 13.1. The van der Waals surface area contributed by atoms with Crippen molar-refractivity contribution in [3.8, 4) is 18.2 Å². The van der Waals surface area contributed by atoms with Gasteiger partial charge in [0.2, 0.25) is 0 Å². The van der Waals surface area contributed by atoms with Gasteiger partial charge < -0.3 is 5.41 Å². The highest BCUT2D eigenvalue weighted by molar-refractivity contribution is 6.00. The normalized spacial score (nSPS) is 24.4. The molecule has 1 aliphatic carbocycles. The van der Waals surface area contributed by atoms with E-state index >= 15 is 0 Å². The predicted molar refractivity (Wildman–Crippen MR) is 87.3 cm³/mol. The minimum atomic E-state index is -1.58. The summed E-state index contributed by atoms with van der Waals surface area (Å²) in [5.74, 6) is -1.19. The predicted octanol–water partition coefficient (Wildman–Crippen LogP) is 4.09. The lowest BCUT2D eigenvalue weighted by atomic mass is 9.59. The summed E-state index contributed by atoms with van der Waals surface area (Å²) in [6.07, 6.45) is 4.24. The van der Waals surface area contributed by atoms with Gasteiger partial charge in [0.25, 0.3) is 0 Å². The van der Waals surface area contributed by atoms with E-state index in [0.717, 1.165) is 24.0 Å². The Morgan fingerprint density at radius 2 is 1.87 bits per heavy atom. The molecule has 0 bridgehead atoms. The second-order valence-electron chi connectivity index (χ2n) is 5.74. The molecule has 1 aliphatic rings. The zero-order chi connectivity index (χ0) is 16.9. The van der Waals surface area contributed by atoms with Crippen LogP contribution in [0.1, 0.15) is 37.7 Å². The number of allylic oxidation sites excluding steroid dienone is 2. The maximum atomic E-state index is 9.68. The first-order valence-corrected chi connectivity index (χ1v) is 7.69. The highest BCUT2D eigenvalue weighted by Gasteiger charge is 2.52. The Kier molecular flexibility index (Phi) is 4.95. The van der Waals surface area contributed by atoms with E-state index in [4.69, 9.17) is 5.41 Å². The molecule has 1 aromatic carbocycles. The second kappa shape index (κ2) is 6.91. The van der Waals surface area contributed by atoms with Crippen molar-refractivity contribution >= 4 is 5.71 Å². The van der Waals surface area contributed by atoms with E-state index in [1.807, 2.05) is 48.5 Å². The molecule has 2 atom stereocenters. The van der Waals surface area contributed by atoms with Crippen LogP contribution >= 0.6 is 0 Å². The summed E-state index contributed by atoms with van der Waals surface area (Å²) in [5.41, 5.74) is 0.0478. The maximum absolute atomic E-state index is 9.68. The Hall–Kier alpha value is -2.90. The van der Waals surface area contributed by atoms with Crippen molar-refractivity contribution in [2.75, 3.05) is 0 Å². The van der Waals surface area contributed by atoms with Crippen LogP contribution in [0.25, 0.3) is 0 Å². The molecule has 0 aliphatic heterocycles. The summed E-state index contributed by atoms with van der Waals surface area (Å²) < 4.78 is 0. The lowest BCUT2D eigenvalue weighted by molar-refractivity contribution is 0.471. The van der Waals surface area contributed by atoms with Gasteiger partial charge in [0.05, 0.1) is 23.9 Å². The Morgan fingerprint density at radius 1 is 1.22 bits per heavy atom. The fraction of sp³-hybridized carbons (Fsp3) is 0.368. The molecule has 2 rings (SSSR count). The van der Waals surface area contributed by atoms with E-state index in [2.05, 4.69) is 13.0 Å². The summed E-state index contributed by atoms with van der Waals surface area (Å²) in [6.45, 7) is 2.05. The standard InChI is InChI=1S/C19H18N4/c1-2-3-7-15-10-17(14-8-5-4-6-9-14)19(12-21,13-22)18(23)16(15)11-20/h4-9,16-17,23H,2-3,10H2,1H3/b15-7+,23-18?/t16?,17-/m1/s1. The lowest BCUT2D eigenvalue weighted by Crippen LogP contribution is -2.43. The fourth-order valence-electron chi connectivity index (χ4n) is 3.14. The van der Waals surface area contributed by atoms with Crippen molar-refractivity contribution in [3.05, 3.63) is 47.5 Å². The summed E-state index contributed by atoms with van der Waals surface area (Å²) in [6, 6.07) is 15.6. The van der Waals surface area contributed by atoms with Gasteiger partial charge in [-0.1, -0.05) is 55.3 Å². The first kappa shape index (κ1) is 16.5. The third-order valence-corrected chi connectivity index (χ3v) is 4.43. The lowest BCUT2D eigenvalue weighted by Gasteiger charge is -2.38. The Bertz CT molecular complexity index is 726. The number of benzene rings is 1. The summed E-state index contributed by atoms with van der Waals surface area (Å²) in [4.78, 5) is 0. The Labute approximate surface area is 136 Å². The van der Waals surface area contributed by atoms with Gasteiger partial charge in [-0.05, 0) is 18.4 Å². The van der Waals surface area contributed by atoms with Crippen LogP contribution in [0.4, 0.5) is 0 Å². The molecule has 4 heteroatoms. The Morgan fingerprint density at radius 3 is 2.39 bits per heavy atom. The fourth-order valence-corrected chi connectivity index (χ4v) is 3.14. The minimum absolute atomic E-state index is 0.0903. The molecule has 23 heavy (non-hydrogen) atoms. The second-order valence-corrected chi connectivity index (χ2v) is 5.74. The largest absolute Gasteiger partial charge is 0.305 e. The number of unbranched alkanes of at least 4 members (excludes halogenated alkanes) is 1. The van der Waals surface area contributed by atoms with Crippen molar-refractivity contribution in [3.63, 3.8) is 0 Å². The molecule has 0 aromatic heterocycles. The minimum Gasteiger partial charge on any atom is -0.305 e. The molecule has 0 spiro atoms. The van der Waals surface area contributed by atoms with E-state index < -0.39 is 17.3 Å². The first-order chi connectivity index (χ1) is 11.1. The topological polar surface area (TPSA) is 95.2 Å². The van der Waals surface area contributed by atoms with Gasteiger partial charge in [-0.3, -0.25) is 0 Å². The van der Waals surface area contributed by atoms with Gasteiger partial charge in [0.1, 0.15) is 5.92 Å². The van der Waals surface area contributed by atoms with E-state index in [-0.39, 0.29) is 5.71 Å². The molecule has 0 saturated heterocycles. The van der Waals surface area contributed by atoms with Crippen LogP contribution in [0.15, 0.2) is 42.0 Å². The van der Waals surface area contributed by atoms with Crippen molar-refractivity contribution in [1.82, 2.24) is 0 Å². The summed E-state index contributed by atoms with van der Waals surface area (Å²) >= 11 is 0. The van der Waals surface area contributed by atoms with Crippen LogP contribution in [0.5, 0.6) is 0 Å². The van der Waals surface area contributed by atoms with E-state index in [1.165, 1.54) is 0 Å². The van der Waals surface area contributed by atoms with Gasteiger partial charge in [-0.25, -0.2) is 0 Å². The molecule has 4 nitrogen and oxygen atoms in total. The molecule has 0 heterocycles. The molecule has 1 aromatic rings. The molecule has 1 N–H and O–H groups in total. The highest BCUT2D eigenvalue weighted by atomic mass is 14.6. The average Bonchev–Trinajstić information content (AvgIpc) is 2.60. The highest BCUT2D eigenvalue weighted by Crippen LogP contribution is 2.48. The molecule has 0 radical (unpaired) electrons. The number of rotatable bonds is 3. The number of hydrogen-bond acceptors (Lipinski definition) is 4. The number of hydrogen-bond donors (Lipinski definition) is 1. The van der Waals surface area contributed by atoms with Crippen LogP contribution in [0.3, 0.4) is 0 Å². The van der Waals surface area contributed by atoms with Crippen LogP contribution in [-0.4, -0.2) is 5.71 Å². The molecular formula is C19H18N4. The van der Waals surface area contributed by atoms with Gasteiger partial charge in [-0.2, -0.15) is 15.8 Å². The zero-order valence-corrected chi connectivity index (χ0v) is 13.1. The van der Waals surface area contributed by atoms with Gasteiger partial charge in [-0.15, -0.1) is 0 Å². The van der Waals surface area contributed by atoms with Crippen molar-refractivity contribution in [2.24, 2.45) is 11.3 Å². The third-order valence-electron chi connectivity index (χ3n) is 4.43. The average molecular weight is 302 g/mol. The van der Waals surface area contributed by atoms with Crippen molar-refractivity contribution < 1.29 is 0 Å². The number of nitrogens with zero attached hydrogens (tertiary/aromatic N) is 3. The van der Waals surface area contributed by atoms with Crippen LogP contribution in [0, 0.1) is 50.7 Å². The summed E-state index contributed by atoms with van der Waals surface area (Å²) in [7, 11) is 0. The van der Waals surface area contributed by atoms with Gasteiger partial charge in [0, 0.05) is 5.92 Å². The molecular weight excluding hydrogens is 284 g/mol. The maximum Gasteiger partial charge on any atom is 0.189 e. The number of nitrogens with one attached hydrogen (secondary N) is 1. The SMILES string of the molecule is CCC/C=C1\C[C@H](c2ccccc2)C(C#N)(C#N)C(=N)C1C#N. The van der Waals surface area contributed by atoms with Gasteiger partial charge in [0.15, 0.2) is 5.41 Å². The first-order valence-electron chi connectivity index (χ1n) is 7.69. The van der Waals surface area contributed by atoms with Crippen LogP contribution in [0.2, 0.25) is 0 Å². The molecule has 0 amide bonds. The van der Waals surface area contributed by atoms with Crippen LogP contribution in [-0.2, 0) is 0 Å². The van der Waals surface area contributed by atoms with E-state index in [1.54, 1.807) is 0 Å². The van der Waals surface area contributed by atoms with Gasteiger partial charge >= 0.3 is 0 Å². The van der Waals surface area contributed by atoms with Crippen molar-refractivity contribution in [2.45, 2.75) is 32.1 Å². The molecule has 1 fully saturated rings. The molecule has 114 valence electrons. The van der Waals surface area contributed by atoms with Crippen molar-refractivity contribution in [1.29, 1.82) is 21.2 Å².